The first kappa shape index (κ1) is 15.6. The normalized spacial score (nSPS) is 21.6. The van der Waals surface area contributed by atoms with Crippen molar-refractivity contribution in [2.24, 2.45) is 11.3 Å². The van der Waals surface area contributed by atoms with Crippen molar-refractivity contribution in [1.29, 1.82) is 0 Å². The third-order valence-electron chi connectivity index (χ3n) is 4.16. The number of benzene rings is 1. The summed E-state index contributed by atoms with van der Waals surface area (Å²) in [7, 11) is 1.52. The van der Waals surface area contributed by atoms with E-state index in [1.807, 2.05) is 12.1 Å². The zero-order valence-electron chi connectivity index (χ0n) is 13.3. The molecule has 1 aliphatic carbocycles. The largest absolute Gasteiger partial charge is 0.504 e. The van der Waals surface area contributed by atoms with Gasteiger partial charge in [0.15, 0.2) is 17.3 Å². The molecule has 3 nitrogen and oxygen atoms in total. The van der Waals surface area contributed by atoms with Crippen LogP contribution in [0, 0.1) is 11.3 Å². The number of carbonyl (C=O) groups is 1. The second-order valence-electron chi connectivity index (χ2n) is 6.78. The molecule has 114 valence electrons. The minimum atomic E-state index is -0.00135. The molecular weight excluding hydrogens is 264 g/mol. The van der Waals surface area contributed by atoms with E-state index in [4.69, 9.17) is 4.74 Å². The first-order chi connectivity index (χ1) is 9.82. The van der Waals surface area contributed by atoms with Gasteiger partial charge in [-0.25, -0.2) is 0 Å². The molecule has 0 aromatic heterocycles. The van der Waals surface area contributed by atoms with Gasteiger partial charge in [-0.2, -0.15) is 0 Å². The lowest BCUT2D eigenvalue weighted by molar-refractivity contribution is -0.123. The highest BCUT2D eigenvalue weighted by Gasteiger charge is 2.35. The maximum Gasteiger partial charge on any atom is 0.162 e. The van der Waals surface area contributed by atoms with Crippen molar-refractivity contribution in [3.63, 3.8) is 0 Å². The summed E-state index contributed by atoms with van der Waals surface area (Å²) < 4.78 is 5.04. The van der Waals surface area contributed by atoms with Crippen molar-refractivity contribution in [2.45, 2.75) is 40.0 Å². The van der Waals surface area contributed by atoms with Crippen LogP contribution in [0.3, 0.4) is 0 Å². The quantitative estimate of drug-likeness (QED) is 0.830. The Bertz CT molecular complexity index is 564. The molecule has 1 aromatic rings. The highest BCUT2D eigenvalue weighted by atomic mass is 16.5. The lowest BCUT2D eigenvalue weighted by Crippen LogP contribution is -2.32. The first-order valence-electron chi connectivity index (χ1n) is 7.44. The Balaban J connectivity index is 2.28. The number of phenols is 1. The van der Waals surface area contributed by atoms with Crippen LogP contribution in [0.5, 0.6) is 11.5 Å². The Morgan fingerprint density at radius 2 is 2.05 bits per heavy atom. The van der Waals surface area contributed by atoms with E-state index < -0.39 is 0 Å². The van der Waals surface area contributed by atoms with Gasteiger partial charge in [0.25, 0.3) is 0 Å². The molecule has 0 bridgehead atoms. The van der Waals surface area contributed by atoms with Crippen molar-refractivity contribution in [3.05, 3.63) is 29.3 Å². The molecule has 1 fully saturated rings. The second kappa shape index (κ2) is 5.92. The summed E-state index contributed by atoms with van der Waals surface area (Å²) in [5.74, 6) is 0.885. The van der Waals surface area contributed by atoms with Crippen LogP contribution in [0.25, 0.3) is 6.08 Å². The molecule has 3 heteroatoms. The van der Waals surface area contributed by atoms with E-state index >= 15 is 0 Å². The maximum absolute atomic E-state index is 12.6. The molecular formula is C18H24O3. The Morgan fingerprint density at radius 3 is 2.62 bits per heavy atom. The van der Waals surface area contributed by atoms with Gasteiger partial charge < -0.3 is 9.84 Å². The molecule has 0 saturated heterocycles. The van der Waals surface area contributed by atoms with Crippen LogP contribution in [-0.2, 0) is 4.79 Å². The minimum Gasteiger partial charge on any atom is -0.504 e. The number of ketones is 1. The highest BCUT2D eigenvalue weighted by molar-refractivity contribution is 6.02. The molecule has 1 aliphatic rings. The second-order valence-corrected chi connectivity index (χ2v) is 6.78. The van der Waals surface area contributed by atoms with Crippen LogP contribution in [-0.4, -0.2) is 18.0 Å². The number of ether oxygens (including phenoxy) is 1. The van der Waals surface area contributed by atoms with Gasteiger partial charge >= 0.3 is 0 Å². The Kier molecular flexibility index (Phi) is 4.40. The lowest BCUT2D eigenvalue weighted by atomic mass is 9.70. The van der Waals surface area contributed by atoms with Gasteiger partial charge in [0, 0.05) is 5.92 Å². The van der Waals surface area contributed by atoms with Gasteiger partial charge in [0.05, 0.1) is 7.11 Å². The summed E-state index contributed by atoms with van der Waals surface area (Å²) in [4.78, 5) is 12.6. The van der Waals surface area contributed by atoms with Gasteiger partial charge in [0.1, 0.15) is 0 Å². The van der Waals surface area contributed by atoms with E-state index in [0.717, 1.165) is 30.4 Å². The highest BCUT2D eigenvalue weighted by Crippen LogP contribution is 2.38. The average molecular weight is 288 g/mol. The van der Waals surface area contributed by atoms with Gasteiger partial charge in [-0.3, -0.25) is 4.79 Å². The molecule has 0 spiro atoms. The lowest BCUT2D eigenvalue weighted by Gasteiger charge is -2.33. The summed E-state index contributed by atoms with van der Waals surface area (Å²) in [5.41, 5.74) is 1.70. The molecule has 0 radical (unpaired) electrons. The van der Waals surface area contributed by atoms with Crippen LogP contribution in [0.4, 0.5) is 0 Å². The first-order valence-corrected chi connectivity index (χ1v) is 7.44. The molecule has 0 amide bonds. The van der Waals surface area contributed by atoms with E-state index in [9.17, 15) is 9.90 Å². The number of methoxy groups -OCH3 is 1. The zero-order chi connectivity index (χ0) is 15.6. The topological polar surface area (TPSA) is 46.5 Å². The van der Waals surface area contributed by atoms with Crippen molar-refractivity contribution in [2.75, 3.05) is 7.11 Å². The maximum atomic E-state index is 12.6. The number of allylic oxidation sites excluding steroid dienone is 1. The molecule has 0 heterocycles. The molecule has 1 N–H and O–H groups in total. The summed E-state index contributed by atoms with van der Waals surface area (Å²) in [6, 6.07) is 5.22. The van der Waals surface area contributed by atoms with E-state index in [2.05, 4.69) is 20.8 Å². The monoisotopic (exact) mass is 288 g/mol. The van der Waals surface area contributed by atoms with E-state index in [1.54, 1.807) is 12.1 Å². The van der Waals surface area contributed by atoms with Crippen LogP contribution < -0.4 is 4.74 Å². The van der Waals surface area contributed by atoms with Gasteiger partial charge in [0.2, 0.25) is 0 Å². The fourth-order valence-electron chi connectivity index (χ4n) is 2.94. The van der Waals surface area contributed by atoms with Crippen molar-refractivity contribution in [3.8, 4) is 11.5 Å². The molecule has 21 heavy (non-hydrogen) atoms. The SMILES string of the molecule is COc1ccc(/C=C2\CCC[C@H](C(C)(C)C)C2=O)cc1O. The predicted octanol–water partition coefficient (Wildman–Crippen LogP) is 4.20. The fraction of sp³-hybridized carbons (Fsp3) is 0.500. The zero-order valence-corrected chi connectivity index (χ0v) is 13.3. The summed E-state index contributed by atoms with van der Waals surface area (Å²) in [6.45, 7) is 6.37. The number of rotatable bonds is 2. The fourth-order valence-corrected chi connectivity index (χ4v) is 2.94. The van der Waals surface area contributed by atoms with E-state index in [-0.39, 0.29) is 22.9 Å². The standard InChI is InChI=1S/C18H24O3/c1-18(2,3)14-7-5-6-13(17(14)20)10-12-8-9-16(21-4)15(19)11-12/h8-11,14,19H,5-7H2,1-4H3/b13-10+/t14-/m0/s1. The number of hydrogen-bond donors (Lipinski definition) is 1. The number of phenolic OH excluding ortho intramolecular Hbond substituents is 1. The Hall–Kier alpha value is -1.77. The van der Waals surface area contributed by atoms with Crippen LogP contribution >= 0.6 is 0 Å². The number of hydrogen-bond acceptors (Lipinski definition) is 3. The number of carbonyl (C=O) groups excluding carboxylic acids is 1. The predicted molar refractivity (Wildman–Crippen MR) is 84.4 cm³/mol. The van der Waals surface area contributed by atoms with Crippen LogP contribution in [0.1, 0.15) is 45.6 Å². The summed E-state index contributed by atoms with van der Waals surface area (Å²) in [6.07, 6.45) is 4.73. The molecule has 2 rings (SSSR count). The molecule has 0 aliphatic heterocycles. The number of aromatic hydroxyl groups is 1. The van der Waals surface area contributed by atoms with E-state index in [0.29, 0.717) is 5.75 Å². The van der Waals surface area contributed by atoms with Crippen molar-refractivity contribution < 1.29 is 14.6 Å². The summed E-state index contributed by atoms with van der Waals surface area (Å²) >= 11 is 0. The van der Waals surface area contributed by atoms with Gasteiger partial charge in [-0.1, -0.05) is 26.8 Å². The Labute approximate surface area is 126 Å². The van der Waals surface area contributed by atoms with Crippen LogP contribution in [0.2, 0.25) is 0 Å². The van der Waals surface area contributed by atoms with Crippen molar-refractivity contribution >= 4 is 11.9 Å². The molecule has 1 aromatic carbocycles. The van der Waals surface area contributed by atoms with Gasteiger partial charge in [-0.05, 0) is 54.0 Å². The smallest absolute Gasteiger partial charge is 0.162 e. The third kappa shape index (κ3) is 3.46. The summed E-state index contributed by atoms with van der Waals surface area (Å²) in [5, 5.41) is 9.83. The van der Waals surface area contributed by atoms with Crippen LogP contribution in [0.15, 0.2) is 23.8 Å². The number of Topliss-reactive ketones (excluding diaryl/α,β-unsaturated/α-hetero) is 1. The van der Waals surface area contributed by atoms with Gasteiger partial charge in [-0.15, -0.1) is 0 Å². The molecule has 0 unspecified atom stereocenters. The molecule has 1 atom stereocenters. The van der Waals surface area contributed by atoms with E-state index in [1.165, 1.54) is 7.11 Å². The Morgan fingerprint density at radius 1 is 1.33 bits per heavy atom. The minimum absolute atomic E-state index is 0.00135. The molecule has 1 saturated carbocycles. The third-order valence-corrected chi connectivity index (χ3v) is 4.16. The van der Waals surface area contributed by atoms with Crippen molar-refractivity contribution in [1.82, 2.24) is 0 Å². The average Bonchev–Trinajstić information content (AvgIpc) is 2.40.